The molecular formula is C15H33N3O. The fourth-order valence-electron chi connectivity index (χ4n) is 2.57. The van der Waals surface area contributed by atoms with E-state index in [0.717, 1.165) is 19.4 Å². The first-order valence-corrected chi connectivity index (χ1v) is 7.30. The quantitative estimate of drug-likeness (QED) is 0.673. The average Bonchev–Trinajstić information content (AvgIpc) is 2.27. The van der Waals surface area contributed by atoms with Crippen molar-refractivity contribution >= 4 is 5.91 Å². The molecule has 2 unspecified atom stereocenters. The number of hydrogen-bond donors (Lipinski definition) is 0. The lowest BCUT2D eigenvalue weighted by Gasteiger charge is -2.35. The molecule has 0 saturated heterocycles. The van der Waals surface area contributed by atoms with Gasteiger partial charge in [0.05, 0.1) is 6.04 Å². The van der Waals surface area contributed by atoms with Crippen LogP contribution < -0.4 is 0 Å². The van der Waals surface area contributed by atoms with E-state index in [9.17, 15) is 4.79 Å². The van der Waals surface area contributed by atoms with Crippen molar-refractivity contribution in [2.24, 2.45) is 5.92 Å². The van der Waals surface area contributed by atoms with Gasteiger partial charge in [-0.2, -0.15) is 0 Å². The summed E-state index contributed by atoms with van der Waals surface area (Å²) in [6.07, 6.45) is 2.04. The highest BCUT2D eigenvalue weighted by atomic mass is 16.2. The van der Waals surface area contributed by atoms with Gasteiger partial charge in [-0.1, -0.05) is 20.8 Å². The lowest BCUT2D eigenvalue weighted by Crippen LogP contribution is -2.50. The molecule has 0 bridgehead atoms. The monoisotopic (exact) mass is 271 g/mol. The molecule has 19 heavy (non-hydrogen) atoms. The van der Waals surface area contributed by atoms with Gasteiger partial charge in [0, 0.05) is 13.1 Å². The number of likely N-dealkylation sites (N-methyl/N-ethyl adjacent to an activating group) is 2. The molecule has 0 heterocycles. The van der Waals surface area contributed by atoms with Crippen LogP contribution in [-0.2, 0) is 4.79 Å². The van der Waals surface area contributed by atoms with Gasteiger partial charge in [-0.25, -0.2) is 0 Å². The van der Waals surface area contributed by atoms with Crippen molar-refractivity contribution in [3.63, 3.8) is 0 Å². The molecule has 0 radical (unpaired) electrons. The largest absolute Gasteiger partial charge is 0.341 e. The van der Waals surface area contributed by atoms with Gasteiger partial charge in [0.1, 0.15) is 0 Å². The molecule has 0 aliphatic rings. The van der Waals surface area contributed by atoms with E-state index in [0.29, 0.717) is 12.0 Å². The van der Waals surface area contributed by atoms with Crippen LogP contribution in [0.5, 0.6) is 0 Å². The molecular weight excluding hydrogens is 238 g/mol. The second-order valence-corrected chi connectivity index (χ2v) is 6.26. The molecule has 2 atom stereocenters. The van der Waals surface area contributed by atoms with Crippen molar-refractivity contribution in [3.8, 4) is 0 Å². The predicted octanol–water partition coefficient (Wildman–Crippen LogP) is 1.76. The normalized spacial score (nSPS) is 15.1. The molecule has 114 valence electrons. The summed E-state index contributed by atoms with van der Waals surface area (Å²) in [5.41, 5.74) is 0. The summed E-state index contributed by atoms with van der Waals surface area (Å²) >= 11 is 0. The first-order chi connectivity index (χ1) is 8.72. The Balaban J connectivity index is 4.74. The van der Waals surface area contributed by atoms with E-state index in [4.69, 9.17) is 0 Å². The smallest absolute Gasteiger partial charge is 0.240 e. The van der Waals surface area contributed by atoms with E-state index < -0.39 is 0 Å². The van der Waals surface area contributed by atoms with Gasteiger partial charge in [-0.15, -0.1) is 0 Å². The van der Waals surface area contributed by atoms with E-state index in [-0.39, 0.29) is 11.9 Å². The third-order valence-corrected chi connectivity index (χ3v) is 3.72. The second kappa shape index (κ2) is 8.54. The number of carbonyl (C=O) groups excluding carboxylic acids is 1. The van der Waals surface area contributed by atoms with Gasteiger partial charge in [-0.3, -0.25) is 9.69 Å². The zero-order valence-electron chi connectivity index (χ0n) is 14.1. The van der Waals surface area contributed by atoms with Crippen molar-refractivity contribution in [3.05, 3.63) is 0 Å². The van der Waals surface area contributed by atoms with Crippen LogP contribution in [0.2, 0.25) is 0 Å². The molecule has 0 aromatic rings. The zero-order chi connectivity index (χ0) is 15.2. The maximum atomic E-state index is 12.6. The Bertz CT molecular complexity index is 256. The Morgan fingerprint density at radius 1 is 1.05 bits per heavy atom. The van der Waals surface area contributed by atoms with Crippen molar-refractivity contribution in [2.45, 2.75) is 45.7 Å². The molecule has 0 aromatic heterocycles. The second-order valence-electron chi connectivity index (χ2n) is 6.26. The van der Waals surface area contributed by atoms with Gasteiger partial charge in [0.15, 0.2) is 0 Å². The molecule has 0 rings (SSSR count). The highest BCUT2D eigenvalue weighted by Crippen LogP contribution is 2.15. The number of carbonyl (C=O) groups is 1. The number of amides is 1. The maximum absolute atomic E-state index is 12.6. The summed E-state index contributed by atoms with van der Waals surface area (Å²) in [6, 6.07) is 0.300. The topological polar surface area (TPSA) is 26.8 Å². The van der Waals surface area contributed by atoms with Gasteiger partial charge in [0.2, 0.25) is 5.91 Å². The Kier molecular flexibility index (Phi) is 8.26. The third-order valence-electron chi connectivity index (χ3n) is 3.72. The van der Waals surface area contributed by atoms with Crippen LogP contribution in [0, 0.1) is 5.92 Å². The Morgan fingerprint density at radius 2 is 1.58 bits per heavy atom. The standard InChI is InChI=1S/C15H33N3O/c1-9-13(10-11-16(4)5)18(8)15(19)14(12(2)3)17(6)7/h12-14H,9-11H2,1-8H3. The van der Waals surface area contributed by atoms with Crippen LogP contribution in [0.25, 0.3) is 0 Å². The first-order valence-electron chi connectivity index (χ1n) is 7.30. The number of hydrogen-bond acceptors (Lipinski definition) is 3. The molecule has 4 nitrogen and oxygen atoms in total. The van der Waals surface area contributed by atoms with Crippen LogP contribution in [-0.4, -0.2) is 74.5 Å². The summed E-state index contributed by atoms with van der Waals surface area (Å²) in [5.74, 6) is 0.571. The summed E-state index contributed by atoms with van der Waals surface area (Å²) in [5, 5.41) is 0. The van der Waals surface area contributed by atoms with E-state index in [1.54, 1.807) is 0 Å². The predicted molar refractivity (Wildman–Crippen MR) is 82.3 cm³/mol. The number of rotatable bonds is 8. The lowest BCUT2D eigenvalue weighted by atomic mass is 10.00. The van der Waals surface area contributed by atoms with Crippen molar-refractivity contribution in [1.82, 2.24) is 14.7 Å². The Hall–Kier alpha value is -0.610. The molecule has 1 amide bonds. The van der Waals surface area contributed by atoms with Crippen molar-refractivity contribution < 1.29 is 4.79 Å². The van der Waals surface area contributed by atoms with Crippen LogP contribution in [0.1, 0.15) is 33.6 Å². The van der Waals surface area contributed by atoms with Crippen LogP contribution in [0.3, 0.4) is 0 Å². The fraction of sp³-hybridized carbons (Fsp3) is 0.933. The van der Waals surface area contributed by atoms with Crippen molar-refractivity contribution in [2.75, 3.05) is 41.8 Å². The molecule has 0 aliphatic carbocycles. The van der Waals surface area contributed by atoms with Crippen LogP contribution in [0.4, 0.5) is 0 Å². The molecule has 0 N–H and O–H groups in total. The third kappa shape index (κ3) is 5.91. The molecule has 0 saturated carbocycles. The van der Waals surface area contributed by atoms with Gasteiger partial charge in [0.25, 0.3) is 0 Å². The molecule has 0 spiro atoms. The van der Waals surface area contributed by atoms with E-state index in [2.05, 4.69) is 39.8 Å². The summed E-state index contributed by atoms with van der Waals surface area (Å²) < 4.78 is 0. The highest BCUT2D eigenvalue weighted by Gasteiger charge is 2.29. The Labute approximate surface area is 119 Å². The summed E-state index contributed by atoms with van der Waals surface area (Å²) in [7, 11) is 10.1. The van der Waals surface area contributed by atoms with Crippen molar-refractivity contribution in [1.29, 1.82) is 0 Å². The molecule has 0 aliphatic heterocycles. The lowest BCUT2D eigenvalue weighted by molar-refractivity contribution is -0.138. The minimum absolute atomic E-state index is 0.0293. The average molecular weight is 271 g/mol. The van der Waals surface area contributed by atoms with Gasteiger partial charge < -0.3 is 9.80 Å². The first kappa shape index (κ1) is 18.4. The minimum atomic E-state index is -0.0293. The minimum Gasteiger partial charge on any atom is -0.341 e. The van der Waals surface area contributed by atoms with Crippen LogP contribution >= 0.6 is 0 Å². The molecule has 0 fully saturated rings. The van der Waals surface area contributed by atoms with Gasteiger partial charge >= 0.3 is 0 Å². The summed E-state index contributed by atoms with van der Waals surface area (Å²) in [6.45, 7) is 7.39. The highest BCUT2D eigenvalue weighted by molar-refractivity contribution is 5.82. The molecule has 4 heteroatoms. The summed E-state index contributed by atoms with van der Waals surface area (Å²) in [4.78, 5) is 18.8. The van der Waals surface area contributed by atoms with Crippen LogP contribution in [0.15, 0.2) is 0 Å². The van der Waals surface area contributed by atoms with E-state index in [1.807, 2.05) is 30.9 Å². The maximum Gasteiger partial charge on any atom is 0.240 e. The molecule has 0 aromatic carbocycles. The van der Waals surface area contributed by atoms with E-state index in [1.165, 1.54) is 0 Å². The SMILES string of the molecule is CCC(CCN(C)C)N(C)C(=O)C(C(C)C)N(C)C. The Morgan fingerprint density at radius 3 is 1.89 bits per heavy atom. The fourth-order valence-corrected chi connectivity index (χ4v) is 2.57. The zero-order valence-corrected chi connectivity index (χ0v) is 14.1. The van der Waals surface area contributed by atoms with E-state index >= 15 is 0 Å². The van der Waals surface area contributed by atoms with Gasteiger partial charge in [-0.05, 0) is 53.5 Å². The number of nitrogens with zero attached hydrogens (tertiary/aromatic N) is 3.